The number of fused-ring (bicyclic) bond motifs is 1. The molecule has 1 fully saturated rings. The van der Waals surface area contributed by atoms with Crippen molar-refractivity contribution in [1.29, 1.82) is 5.26 Å². The molecule has 2 heterocycles. The number of ether oxygens (including phenoxy) is 2. The fourth-order valence-electron chi connectivity index (χ4n) is 3.27. The number of methoxy groups -OCH3 is 1. The summed E-state index contributed by atoms with van der Waals surface area (Å²) in [6.45, 7) is 2.45. The van der Waals surface area contributed by atoms with Crippen LogP contribution in [-0.4, -0.2) is 56.3 Å². The van der Waals surface area contributed by atoms with E-state index in [-0.39, 0.29) is 18.1 Å². The average molecular weight is 315 g/mol. The molecule has 1 amide bonds. The summed E-state index contributed by atoms with van der Waals surface area (Å²) in [6.07, 6.45) is 1.50. The lowest BCUT2D eigenvalue weighted by Gasteiger charge is -2.37. The molecule has 0 spiro atoms. The molecule has 23 heavy (non-hydrogen) atoms. The molecule has 2 unspecified atom stereocenters. The van der Waals surface area contributed by atoms with Gasteiger partial charge in [-0.25, -0.2) is 0 Å². The van der Waals surface area contributed by atoms with Crippen LogP contribution in [0.1, 0.15) is 22.3 Å². The van der Waals surface area contributed by atoms with Gasteiger partial charge in [0.25, 0.3) is 5.91 Å². The van der Waals surface area contributed by atoms with Crippen LogP contribution in [0.25, 0.3) is 0 Å². The lowest BCUT2D eigenvalue weighted by atomic mass is 10.0. The van der Waals surface area contributed by atoms with E-state index < -0.39 is 0 Å². The van der Waals surface area contributed by atoms with Crippen molar-refractivity contribution in [2.75, 3.05) is 33.4 Å². The topological polar surface area (TPSA) is 74.6 Å². The molecule has 6 nitrogen and oxygen atoms in total. The summed E-state index contributed by atoms with van der Waals surface area (Å²) < 4.78 is 11.1. The molecule has 0 aliphatic carbocycles. The van der Waals surface area contributed by atoms with Gasteiger partial charge in [-0.1, -0.05) is 12.1 Å². The van der Waals surface area contributed by atoms with Crippen LogP contribution in [0.15, 0.2) is 18.2 Å². The molecule has 0 bridgehead atoms. The molecule has 2 aliphatic rings. The first kappa shape index (κ1) is 15.8. The number of hydrogen-bond acceptors (Lipinski definition) is 5. The minimum absolute atomic E-state index is 0.0558. The lowest BCUT2D eigenvalue weighted by Crippen LogP contribution is -2.54. The molecule has 6 heteroatoms. The number of nitrogens with zero attached hydrogens (tertiary/aromatic N) is 2. The molecule has 2 atom stereocenters. The molecule has 3 rings (SSSR count). The zero-order valence-corrected chi connectivity index (χ0v) is 13.2. The Morgan fingerprint density at radius 1 is 1.57 bits per heavy atom. The Balaban J connectivity index is 1.68. The van der Waals surface area contributed by atoms with Gasteiger partial charge in [0.1, 0.15) is 5.75 Å². The van der Waals surface area contributed by atoms with Crippen molar-refractivity contribution in [2.45, 2.75) is 25.0 Å². The molecule has 1 aromatic rings. The van der Waals surface area contributed by atoms with Gasteiger partial charge >= 0.3 is 0 Å². The highest BCUT2D eigenvalue weighted by Crippen LogP contribution is 2.29. The highest BCUT2D eigenvalue weighted by atomic mass is 16.5. The molecule has 2 aliphatic heterocycles. The van der Waals surface area contributed by atoms with E-state index in [1.165, 1.54) is 0 Å². The van der Waals surface area contributed by atoms with Gasteiger partial charge in [-0.2, -0.15) is 5.26 Å². The third-order valence-corrected chi connectivity index (χ3v) is 4.52. The van der Waals surface area contributed by atoms with Gasteiger partial charge in [-0.05, 0) is 18.1 Å². The van der Waals surface area contributed by atoms with Crippen LogP contribution in [0.4, 0.5) is 0 Å². The number of rotatable bonds is 4. The van der Waals surface area contributed by atoms with Gasteiger partial charge in [-0.15, -0.1) is 0 Å². The summed E-state index contributed by atoms with van der Waals surface area (Å²) in [5, 5.41) is 11.9. The fraction of sp³-hybridized carbons (Fsp3) is 0.529. The number of benzene rings is 1. The van der Waals surface area contributed by atoms with E-state index in [1.54, 1.807) is 13.2 Å². The summed E-state index contributed by atoms with van der Waals surface area (Å²) in [5.41, 5.74) is 1.68. The smallest absolute Gasteiger partial charge is 0.255 e. The van der Waals surface area contributed by atoms with Crippen LogP contribution in [-0.2, 0) is 11.2 Å². The highest BCUT2D eigenvalue weighted by molar-refractivity contribution is 5.97. The second-order valence-electron chi connectivity index (χ2n) is 5.93. The number of nitriles is 1. The average Bonchev–Trinajstić information content (AvgIpc) is 3.04. The first-order valence-corrected chi connectivity index (χ1v) is 7.90. The predicted molar refractivity (Wildman–Crippen MR) is 84.4 cm³/mol. The number of carbonyl (C=O) groups is 1. The van der Waals surface area contributed by atoms with Gasteiger partial charge < -0.3 is 14.8 Å². The van der Waals surface area contributed by atoms with Crippen molar-refractivity contribution >= 4 is 5.91 Å². The lowest BCUT2D eigenvalue weighted by molar-refractivity contribution is 0.0103. The van der Waals surface area contributed by atoms with Crippen LogP contribution in [0.2, 0.25) is 0 Å². The number of carbonyl (C=O) groups excluding carboxylic acids is 1. The number of nitrogens with one attached hydrogen (secondary N) is 1. The predicted octanol–water partition coefficient (Wildman–Crippen LogP) is 0.964. The maximum Gasteiger partial charge on any atom is 0.255 e. The third kappa shape index (κ3) is 3.31. The molecule has 0 radical (unpaired) electrons. The van der Waals surface area contributed by atoms with E-state index in [1.807, 2.05) is 17.0 Å². The van der Waals surface area contributed by atoms with E-state index in [0.717, 1.165) is 24.9 Å². The minimum Gasteiger partial charge on any atom is -0.492 e. The maximum atomic E-state index is 12.6. The Morgan fingerprint density at radius 2 is 2.43 bits per heavy atom. The number of para-hydroxylation sites is 1. The summed E-state index contributed by atoms with van der Waals surface area (Å²) in [7, 11) is 1.64. The van der Waals surface area contributed by atoms with Crippen molar-refractivity contribution in [3.8, 4) is 11.8 Å². The van der Waals surface area contributed by atoms with E-state index in [9.17, 15) is 4.79 Å². The second-order valence-corrected chi connectivity index (χ2v) is 5.93. The summed E-state index contributed by atoms with van der Waals surface area (Å²) in [6, 6.07) is 7.79. The molecule has 0 saturated carbocycles. The molecule has 122 valence electrons. The zero-order valence-electron chi connectivity index (χ0n) is 13.2. The highest BCUT2D eigenvalue weighted by Gasteiger charge is 2.31. The fourth-order valence-corrected chi connectivity index (χ4v) is 3.27. The van der Waals surface area contributed by atoms with Gasteiger partial charge in [0.05, 0.1) is 36.9 Å². The van der Waals surface area contributed by atoms with Crippen molar-refractivity contribution in [3.63, 3.8) is 0 Å². The Labute approximate surface area is 136 Å². The first-order chi connectivity index (χ1) is 11.2. The summed E-state index contributed by atoms with van der Waals surface area (Å²) in [4.78, 5) is 14.7. The van der Waals surface area contributed by atoms with E-state index in [4.69, 9.17) is 14.7 Å². The van der Waals surface area contributed by atoms with Gasteiger partial charge in [0.2, 0.25) is 0 Å². The number of hydrogen-bond donors (Lipinski definition) is 1. The van der Waals surface area contributed by atoms with Crippen molar-refractivity contribution in [2.24, 2.45) is 0 Å². The molecule has 1 aromatic carbocycles. The van der Waals surface area contributed by atoms with Crippen LogP contribution >= 0.6 is 0 Å². The van der Waals surface area contributed by atoms with Crippen LogP contribution in [0.3, 0.4) is 0 Å². The van der Waals surface area contributed by atoms with E-state index in [0.29, 0.717) is 31.0 Å². The zero-order chi connectivity index (χ0) is 16.2. The Hall–Kier alpha value is -2.10. The van der Waals surface area contributed by atoms with Crippen molar-refractivity contribution in [1.82, 2.24) is 10.2 Å². The number of likely N-dealkylation sites (tertiary alicyclic amines) is 1. The number of piperidine rings is 1. The Bertz CT molecular complexity index is 626. The van der Waals surface area contributed by atoms with Crippen LogP contribution in [0, 0.1) is 11.3 Å². The first-order valence-electron chi connectivity index (χ1n) is 7.90. The maximum absolute atomic E-state index is 12.6. The van der Waals surface area contributed by atoms with Crippen LogP contribution in [0.5, 0.6) is 5.75 Å². The normalized spacial score (nSPS) is 23.7. The SMILES string of the molecule is COC1CN(CC#N)CCC1NC(=O)c1cccc2c1OCC2. The van der Waals surface area contributed by atoms with E-state index in [2.05, 4.69) is 11.4 Å². The van der Waals surface area contributed by atoms with Gasteiger partial charge in [-0.3, -0.25) is 9.69 Å². The number of amides is 1. The van der Waals surface area contributed by atoms with Crippen molar-refractivity contribution in [3.05, 3.63) is 29.3 Å². The summed E-state index contributed by atoms with van der Waals surface area (Å²) >= 11 is 0. The molecular formula is C17H21N3O3. The molecule has 1 saturated heterocycles. The largest absolute Gasteiger partial charge is 0.492 e. The molecular weight excluding hydrogens is 294 g/mol. The third-order valence-electron chi connectivity index (χ3n) is 4.52. The van der Waals surface area contributed by atoms with E-state index >= 15 is 0 Å². The quantitative estimate of drug-likeness (QED) is 0.838. The Kier molecular flexibility index (Phi) is 4.79. The van der Waals surface area contributed by atoms with Crippen molar-refractivity contribution < 1.29 is 14.3 Å². The van der Waals surface area contributed by atoms with Gasteiger partial charge in [0.15, 0.2) is 0 Å². The second kappa shape index (κ2) is 6.99. The minimum atomic E-state index is -0.121. The van der Waals surface area contributed by atoms with Crippen LogP contribution < -0.4 is 10.1 Å². The standard InChI is InChI=1S/C17H21N3O3/c1-22-15-11-20(9-7-18)8-5-14(15)19-17(21)13-4-2-3-12-6-10-23-16(12)13/h2-4,14-15H,5-6,8-11H2,1H3,(H,19,21). The van der Waals surface area contributed by atoms with Gasteiger partial charge in [0, 0.05) is 26.6 Å². The summed E-state index contributed by atoms with van der Waals surface area (Å²) in [5.74, 6) is 0.588. The molecule has 0 aromatic heterocycles. The monoisotopic (exact) mass is 315 g/mol. The Morgan fingerprint density at radius 3 is 3.22 bits per heavy atom. The molecule has 1 N–H and O–H groups in total.